The molecule has 0 radical (unpaired) electrons. The van der Waals surface area contributed by atoms with Gasteiger partial charge in [-0.2, -0.15) is 0 Å². The fourth-order valence-electron chi connectivity index (χ4n) is 9.15. The number of piperidine rings is 2. The van der Waals surface area contributed by atoms with Crippen LogP contribution < -0.4 is 5.32 Å². The average Bonchev–Trinajstić information content (AvgIpc) is 3.86. The maximum Gasteiger partial charge on any atom is 0.0978 e. The van der Waals surface area contributed by atoms with Crippen molar-refractivity contribution in [1.82, 2.24) is 20.0 Å². The van der Waals surface area contributed by atoms with Crippen molar-refractivity contribution < 1.29 is 10.2 Å². The van der Waals surface area contributed by atoms with Crippen LogP contribution in [-0.2, 0) is 42.9 Å². The highest BCUT2D eigenvalue weighted by Gasteiger charge is 2.45. The zero-order valence-electron chi connectivity index (χ0n) is 32.2. The molecule has 2 saturated heterocycles. The zero-order valence-corrected chi connectivity index (χ0v) is 33.8. The summed E-state index contributed by atoms with van der Waals surface area (Å²) in [6, 6.07) is 45.9. The first kappa shape index (κ1) is 41.1. The van der Waals surface area contributed by atoms with Gasteiger partial charge in [0.1, 0.15) is 0 Å². The van der Waals surface area contributed by atoms with Crippen LogP contribution in [0, 0.1) is 0 Å². The van der Waals surface area contributed by atoms with Gasteiger partial charge in [-0.25, -0.2) is 0 Å². The number of nitrogens with one attached hydrogen (secondary N) is 1. The molecule has 9 rings (SSSR count). The van der Waals surface area contributed by atoms with Crippen LogP contribution in [0.3, 0.4) is 0 Å². The lowest BCUT2D eigenvalue weighted by Gasteiger charge is -2.43. The molecule has 0 unspecified atom stereocenters. The van der Waals surface area contributed by atoms with Gasteiger partial charge in [0, 0.05) is 52.4 Å². The molecule has 2 fully saturated rings. The van der Waals surface area contributed by atoms with Crippen molar-refractivity contribution in [3.63, 3.8) is 0 Å². The SMILES string of the molecule is CN1CCC(O)(c2ccc3c(c2)CN(C(c2ccccc2)(c2ccccc2)c2ccccc2)C3)CC1.CN1CCC(O)(c2ccc3c(c2)CNC3)CC1.Cl.Cl. The van der Waals surface area contributed by atoms with E-state index in [1.807, 2.05) is 0 Å². The molecule has 0 atom stereocenters. The van der Waals surface area contributed by atoms with E-state index in [0.29, 0.717) is 0 Å². The summed E-state index contributed by atoms with van der Waals surface area (Å²) in [5, 5.41) is 25.6. The molecule has 6 nitrogen and oxygen atoms in total. The molecule has 8 heteroatoms. The molecule has 4 aliphatic rings. The van der Waals surface area contributed by atoms with E-state index in [4.69, 9.17) is 0 Å². The van der Waals surface area contributed by atoms with Gasteiger partial charge in [0.05, 0.1) is 16.7 Å². The number of aliphatic hydroxyl groups is 2. The van der Waals surface area contributed by atoms with Gasteiger partial charge in [-0.1, -0.05) is 127 Å². The van der Waals surface area contributed by atoms with Gasteiger partial charge in [-0.05, 0) is 89.8 Å². The minimum atomic E-state index is -0.732. The van der Waals surface area contributed by atoms with E-state index in [0.717, 1.165) is 89.2 Å². The van der Waals surface area contributed by atoms with Crippen LogP contribution in [-0.4, -0.2) is 65.2 Å². The second-order valence-electron chi connectivity index (χ2n) is 15.9. The predicted octanol–water partition coefficient (Wildman–Crippen LogP) is 7.95. The molecule has 5 aromatic rings. The van der Waals surface area contributed by atoms with Gasteiger partial charge in [-0.3, -0.25) is 4.90 Å². The molecule has 0 spiro atoms. The number of hydrogen-bond acceptors (Lipinski definition) is 6. The van der Waals surface area contributed by atoms with Crippen molar-refractivity contribution in [3.05, 3.63) is 177 Å². The summed E-state index contributed by atoms with van der Waals surface area (Å²) < 4.78 is 0. The molecular weight excluding hydrogens is 723 g/mol. The van der Waals surface area contributed by atoms with Gasteiger partial charge in [0.25, 0.3) is 0 Å². The molecule has 3 N–H and O–H groups in total. The second kappa shape index (κ2) is 17.3. The highest BCUT2D eigenvalue weighted by atomic mass is 35.5. The molecule has 5 aromatic carbocycles. The van der Waals surface area contributed by atoms with E-state index < -0.39 is 16.7 Å². The van der Waals surface area contributed by atoms with Crippen molar-refractivity contribution in [2.24, 2.45) is 0 Å². The van der Waals surface area contributed by atoms with Gasteiger partial charge >= 0.3 is 0 Å². The smallest absolute Gasteiger partial charge is 0.0978 e. The molecule has 0 aromatic heterocycles. The molecule has 290 valence electrons. The lowest BCUT2D eigenvalue weighted by molar-refractivity contribution is -0.0206. The molecular formula is C47H56Cl2N4O2. The van der Waals surface area contributed by atoms with Gasteiger partial charge in [-0.15, -0.1) is 24.8 Å². The van der Waals surface area contributed by atoms with Gasteiger partial charge < -0.3 is 25.3 Å². The van der Waals surface area contributed by atoms with Crippen LogP contribution >= 0.6 is 24.8 Å². The number of halogens is 2. The monoisotopic (exact) mass is 778 g/mol. The average molecular weight is 780 g/mol. The largest absolute Gasteiger partial charge is 0.385 e. The lowest BCUT2D eigenvalue weighted by Crippen LogP contribution is -2.45. The van der Waals surface area contributed by atoms with E-state index in [9.17, 15) is 10.2 Å². The second-order valence-corrected chi connectivity index (χ2v) is 15.9. The van der Waals surface area contributed by atoms with Crippen molar-refractivity contribution in [2.45, 2.75) is 68.6 Å². The Morgan fingerprint density at radius 2 is 0.873 bits per heavy atom. The molecule has 55 heavy (non-hydrogen) atoms. The normalized spacial score (nSPS) is 19.2. The quantitative estimate of drug-likeness (QED) is 0.152. The van der Waals surface area contributed by atoms with E-state index in [1.54, 1.807) is 0 Å². The topological polar surface area (TPSA) is 62.2 Å². The number of benzene rings is 5. The minimum Gasteiger partial charge on any atom is -0.385 e. The first-order valence-corrected chi connectivity index (χ1v) is 19.5. The first-order chi connectivity index (χ1) is 25.8. The maximum absolute atomic E-state index is 11.5. The Balaban J connectivity index is 0.000000228. The van der Waals surface area contributed by atoms with Crippen LogP contribution in [0.4, 0.5) is 0 Å². The Morgan fingerprint density at radius 3 is 1.33 bits per heavy atom. The third-order valence-electron chi connectivity index (χ3n) is 12.5. The van der Waals surface area contributed by atoms with Crippen molar-refractivity contribution in [2.75, 3.05) is 40.3 Å². The Labute approximate surface area is 340 Å². The number of likely N-dealkylation sites (tertiary alicyclic amines) is 2. The van der Waals surface area contributed by atoms with Gasteiger partial charge in [0.15, 0.2) is 0 Å². The first-order valence-electron chi connectivity index (χ1n) is 19.5. The van der Waals surface area contributed by atoms with E-state index in [-0.39, 0.29) is 24.8 Å². The molecule has 0 amide bonds. The van der Waals surface area contributed by atoms with Crippen LogP contribution in [0.5, 0.6) is 0 Å². The fraction of sp³-hybridized carbons (Fsp3) is 0.362. The Bertz CT molecular complexity index is 1900. The third kappa shape index (κ3) is 8.16. The fourth-order valence-corrected chi connectivity index (χ4v) is 9.15. The summed E-state index contributed by atoms with van der Waals surface area (Å²) in [6.45, 7) is 7.42. The standard InChI is InChI=1S/C33H34N2O.C14H20N2O.2ClH/c1-34-21-19-32(36,20-22-34)31-18-17-26-24-35(25-27(26)23-31)33(28-11-5-2-6-12-28,29-13-7-3-8-14-29)30-15-9-4-10-16-30;1-16-6-4-14(17,5-7-16)13-3-2-11-9-15-10-12(11)8-13;;/h2-18,23,36H,19-22,24-25H2,1H3;2-3,8,15,17H,4-7,9-10H2,1H3;2*1H. The van der Waals surface area contributed by atoms with Crippen LogP contribution in [0.15, 0.2) is 127 Å². The summed E-state index contributed by atoms with van der Waals surface area (Å²) in [6.07, 6.45) is 3.26. The molecule has 0 saturated carbocycles. The summed E-state index contributed by atoms with van der Waals surface area (Å²) in [4.78, 5) is 7.20. The number of fused-ring (bicyclic) bond motifs is 2. The summed E-state index contributed by atoms with van der Waals surface area (Å²) >= 11 is 0. The van der Waals surface area contributed by atoms with E-state index in [1.165, 1.54) is 38.9 Å². The predicted molar refractivity (Wildman–Crippen MR) is 228 cm³/mol. The van der Waals surface area contributed by atoms with Crippen LogP contribution in [0.1, 0.15) is 75.8 Å². The number of rotatable bonds is 6. The molecule has 4 aliphatic heterocycles. The van der Waals surface area contributed by atoms with Crippen molar-refractivity contribution >= 4 is 24.8 Å². The Kier molecular flexibility index (Phi) is 12.9. The maximum atomic E-state index is 11.5. The number of hydrogen-bond donors (Lipinski definition) is 3. The molecule has 4 heterocycles. The number of nitrogens with zero attached hydrogens (tertiary/aromatic N) is 3. The Hall–Kier alpha value is -3.56. The van der Waals surface area contributed by atoms with E-state index >= 15 is 0 Å². The van der Waals surface area contributed by atoms with Crippen molar-refractivity contribution in [3.8, 4) is 0 Å². The molecule has 0 bridgehead atoms. The molecule has 0 aliphatic carbocycles. The summed E-state index contributed by atoms with van der Waals surface area (Å²) in [5.41, 5.74) is 9.63. The van der Waals surface area contributed by atoms with Gasteiger partial charge in [0.2, 0.25) is 0 Å². The lowest BCUT2D eigenvalue weighted by atomic mass is 9.75. The highest BCUT2D eigenvalue weighted by Crippen LogP contribution is 2.47. The zero-order chi connectivity index (χ0) is 36.5. The van der Waals surface area contributed by atoms with E-state index in [2.05, 4.69) is 162 Å². The third-order valence-corrected chi connectivity index (χ3v) is 12.5. The van der Waals surface area contributed by atoms with Crippen molar-refractivity contribution in [1.29, 1.82) is 0 Å². The summed E-state index contributed by atoms with van der Waals surface area (Å²) in [5.74, 6) is 0. The summed E-state index contributed by atoms with van der Waals surface area (Å²) in [7, 11) is 4.25. The van der Waals surface area contributed by atoms with Crippen LogP contribution in [0.25, 0.3) is 0 Å². The van der Waals surface area contributed by atoms with Crippen LogP contribution in [0.2, 0.25) is 0 Å². The minimum absolute atomic E-state index is 0. The Morgan fingerprint density at radius 1 is 0.491 bits per heavy atom. The highest BCUT2D eigenvalue weighted by molar-refractivity contribution is 5.85.